The van der Waals surface area contributed by atoms with Gasteiger partial charge in [-0.05, 0) is 41.7 Å². The predicted molar refractivity (Wildman–Crippen MR) is 129 cm³/mol. The van der Waals surface area contributed by atoms with Gasteiger partial charge in [-0.15, -0.1) is 0 Å². The van der Waals surface area contributed by atoms with Gasteiger partial charge in [0.25, 0.3) is 0 Å². The second-order valence-corrected chi connectivity index (χ2v) is 9.87. The summed E-state index contributed by atoms with van der Waals surface area (Å²) in [6.07, 6.45) is 0.979. The van der Waals surface area contributed by atoms with E-state index in [1.165, 1.54) is 38.0 Å². The van der Waals surface area contributed by atoms with Crippen molar-refractivity contribution in [2.75, 3.05) is 20.8 Å². The summed E-state index contributed by atoms with van der Waals surface area (Å²) < 4.78 is 39.7. The molecule has 0 bridgehead atoms. The van der Waals surface area contributed by atoms with Gasteiger partial charge in [0.1, 0.15) is 6.04 Å². The van der Waals surface area contributed by atoms with Gasteiger partial charge in [-0.1, -0.05) is 54.6 Å². The van der Waals surface area contributed by atoms with Gasteiger partial charge in [-0.25, -0.2) is 8.42 Å². The highest BCUT2D eigenvalue weighted by molar-refractivity contribution is 7.89. The van der Waals surface area contributed by atoms with E-state index in [0.717, 1.165) is 17.5 Å². The third-order valence-electron chi connectivity index (χ3n) is 5.99. The molecule has 0 aromatic heterocycles. The van der Waals surface area contributed by atoms with Crippen LogP contribution in [0, 0.1) is 0 Å². The number of hydrogen-bond acceptors (Lipinski definition) is 5. The Labute approximate surface area is 200 Å². The minimum absolute atomic E-state index is 0.00000136. The highest BCUT2D eigenvalue weighted by Crippen LogP contribution is 2.29. The average Bonchev–Trinajstić information content (AvgIpc) is 2.87. The summed E-state index contributed by atoms with van der Waals surface area (Å²) >= 11 is 0. The summed E-state index contributed by atoms with van der Waals surface area (Å²) in [5.41, 5.74) is 3.17. The Morgan fingerprint density at radius 3 is 2.32 bits per heavy atom. The number of sulfonamides is 1. The van der Waals surface area contributed by atoms with Crippen molar-refractivity contribution in [3.8, 4) is 11.5 Å². The van der Waals surface area contributed by atoms with Crippen LogP contribution in [0.5, 0.6) is 11.5 Å². The minimum Gasteiger partial charge on any atom is -0.493 e. The second kappa shape index (κ2) is 10.3. The van der Waals surface area contributed by atoms with Crippen LogP contribution >= 0.6 is 0 Å². The molecular weight excluding hydrogens is 452 g/mol. The van der Waals surface area contributed by atoms with E-state index >= 15 is 0 Å². The Hall–Kier alpha value is -3.36. The summed E-state index contributed by atoms with van der Waals surface area (Å²) in [7, 11) is -1.09. The zero-order valence-corrected chi connectivity index (χ0v) is 20.0. The molecule has 34 heavy (non-hydrogen) atoms. The molecule has 1 N–H and O–H groups in total. The first-order valence-electron chi connectivity index (χ1n) is 11.0. The Balaban J connectivity index is 1.62. The molecule has 1 atom stereocenters. The Morgan fingerprint density at radius 1 is 0.941 bits per heavy atom. The van der Waals surface area contributed by atoms with Crippen molar-refractivity contribution in [3.05, 3.63) is 89.5 Å². The molecule has 0 saturated carbocycles. The van der Waals surface area contributed by atoms with Crippen LogP contribution in [0.3, 0.4) is 0 Å². The Kier molecular flexibility index (Phi) is 7.19. The topological polar surface area (TPSA) is 84.9 Å². The second-order valence-electron chi connectivity index (χ2n) is 8.16. The van der Waals surface area contributed by atoms with Gasteiger partial charge in [-0.2, -0.15) is 4.72 Å². The third-order valence-corrected chi connectivity index (χ3v) is 7.46. The number of nitrogens with one attached hydrogen (secondary N) is 1. The lowest BCUT2D eigenvalue weighted by molar-refractivity contribution is -0.133. The molecule has 7 nitrogen and oxygen atoms in total. The van der Waals surface area contributed by atoms with Crippen molar-refractivity contribution in [2.45, 2.75) is 30.3 Å². The van der Waals surface area contributed by atoms with Gasteiger partial charge in [0.15, 0.2) is 11.5 Å². The van der Waals surface area contributed by atoms with E-state index in [-0.39, 0.29) is 17.2 Å². The maximum atomic E-state index is 13.6. The number of methoxy groups -OCH3 is 2. The Bertz CT molecular complexity index is 1260. The van der Waals surface area contributed by atoms with Gasteiger partial charge in [-0.3, -0.25) is 4.79 Å². The van der Waals surface area contributed by atoms with Gasteiger partial charge >= 0.3 is 0 Å². The van der Waals surface area contributed by atoms with Gasteiger partial charge in [0, 0.05) is 19.2 Å². The van der Waals surface area contributed by atoms with Crippen LogP contribution in [0.15, 0.2) is 77.7 Å². The molecule has 1 aliphatic heterocycles. The average molecular weight is 481 g/mol. The predicted octanol–water partition coefficient (Wildman–Crippen LogP) is 3.18. The van der Waals surface area contributed by atoms with Crippen LogP contribution in [0.25, 0.3) is 0 Å². The van der Waals surface area contributed by atoms with E-state index < -0.39 is 16.1 Å². The van der Waals surface area contributed by atoms with Gasteiger partial charge in [0.05, 0.1) is 19.1 Å². The van der Waals surface area contributed by atoms with Crippen LogP contribution in [-0.4, -0.2) is 46.0 Å². The number of nitrogens with zero attached hydrogens (tertiary/aromatic N) is 1. The van der Waals surface area contributed by atoms with Crippen LogP contribution < -0.4 is 14.2 Å². The van der Waals surface area contributed by atoms with E-state index in [1.54, 1.807) is 4.90 Å². The SMILES string of the molecule is COc1ccc(S(=O)(=O)N[C@H](Cc2ccccc2)C(=O)N2CCc3ccccc3C2)cc1OC. The van der Waals surface area contributed by atoms with E-state index in [2.05, 4.69) is 10.8 Å². The number of amides is 1. The van der Waals surface area contributed by atoms with Crippen molar-refractivity contribution in [1.82, 2.24) is 9.62 Å². The lowest BCUT2D eigenvalue weighted by Crippen LogP contribution is -2.50. The first kappa shape index (κ1) is 23.8. The monoisotopic (exact) mass is 480 g/mol. The molecule has 1 heterocycles. The van der Waals surface area contributed by atoms with Crippen molar-refractivity contribution in [3.63, 3.8) is 0 Å². The molecule has 0 aliphatic carbocycles. The Morgan fingerprint density at radius 2 is 1.62 bits per heavy atom. The van der Waals surface area contributed by atoms with Gasteiger partial charge in [0.2, 0.25) is 15.9 Å². The molecule has 0 saturated heterocycles. The summed E-state index contributed by atoms with van der Waals surface area (Å²) in [6, 6.07) is 20.8. The van der Waals surface area contributed by atoms with Crippen LogP contribution in [0.4, 0.5) is 0 Å². The fourth-order valence-electron chi connectivity index (χ4n) is 4.17. The molecule has 3 aromatic carbocycles. The van der Waals surface area contributed by atoms with Crippen LogP contribution in [0.1, 0.15) is 16.7 Å². The molecular formula is C26H28N2O5S. The van der Waals surface area contributed by atoms with E-state index in [4.69, 9.17) is 9.47 Å². The quantitative estimate of drug-likeness (QED) is 0.535. The smallest absolute Gasteiger partial charge is 0.241 e. The van der Waals surface area contributed by atoms with Crippen molar-refractivity contribution < 1.29 is 22.7 Å². The van der Waals surface area contributed by atoms with E-state index in [1.807, 2.05) is 48.5 Å². The summed E-state index contributed by atoms with van der Waals surface area (Å²) in [4.78, 5) is 15.3. The standard InChI is InChI=1S/C26H28N2O5S/c1-32-24-13-12-22(17-25(24)33-2)34(30,31)27-23(16-19-8-4-3-5-9-19)26(29)28-15-14-20-10-6-7-11-21(20)18-28/h3-13,17,23,27H,14-16,18H2,1-2H3/t23-/m1/s1. The molecule has 8 heteroatoms. The number of carbonyl (C=O) groups is 1. The zero-order valence-electron chi connectivity index (χ0n) is 19.2. The molecule has 0 spiro atoms. The largest absolute Gasteiger partial charge is 0.493 e. The molecule has 1 amide bonds. The van der Waals surface area contributed by atoms with Crippen LogP contribution in [-0.2, 0) is 34.2 Å². The zero-order chi connectivity index (χ0) is 24.1. The lowest BCUT2D eigenvalue weighted by atomic mass is 9.98. The number of rotatable bonds is 8. The van der Waals surface area contributed by atoms with E-state index in [9.17, 15) is 13.2 Å². The first-order chi connectivity index (χ1) is 16.4. The highest BCUT2D eigenvalue weighted by Gasteiger charge is 2.31. The molecule has 3 aromatic rings. The van der Waals surface area contributed by atoms with Gasteiger partial charge < -0.3 is 14.4 Å². The fourth-order valence-corrected chi connectivity index (χ4v) is 5.38. The van der Waals surface area contributed by atoms with Crippen LogP contribution in [0.2, 0.25) is 0 Å². The minimum atomic E-state index is -4.01. The molecule has 1 aliphatic rings. The van der Waals surface area contributed by atoms with Crippen molar-refractivity contribution in [2.24, 2.45) is 0 Å². The molecule has 0 unspecified atom stereocenters. The third kappa shape index (κ3) is 5.24. The summed E-state index contributed by atoms with van der Waals surface area (Å²) in [5.74, 6) is 0.469. The maximum Gasteiger partial charge on any atom is 0.241 e. The lowest BCUT2D eigenvalue weighted by Gasteiger charge is -2.32. The molecule has 178 valence electrons. The number of fused-ring (bicyclic) bond motifs is 1. The van der Waals surface area contributed by atoms with E-state index in [0.29, 0.717) is 24.6 Å². The number of ether oxygens (including phenoxy) is 2. The normalized spacial score (nSPS) is 14.2. The number of carbonyl (C=O) groups excluding carboxylic acids is 1. The summed E-state index contributed by atoms with van der Waals surface area (Å²) in [6.45, 7) is 0.998. The molecule has 0 fully saturated rings. The molecule has 4 rings (SSSR count). The number of hydrogen-bond donors (Lipinski definition) is 1. The van der Waals surface area contributed by atoms with Crippen molar-refractivity contribution >= 4 is 15.9 Å². The highest BCUT2D eigenvalue weighted by atomic mass is 32.2. The fraction of sp³-hybridized carbons (Fsp3) is 0.269. The maximum absolute atomic E-state index is 13.6. The number of benzene rings is 3. The molecule has 0 radical (unpaired) electrons. The van der Waals surface area contributed by atoms with Crippen molar-refractivity contribution in [1.29, 1.82) is 0 Å². The first-order valence-corrected chi connectivity index (χ1v) is 12.5. The summed E-state index contributed by atoms with van der Waals surface area (Å²) in [5, 5.41) is 0.